The number of benzene rings is 1. The van der Waals surface area contributed by atoms with Gasteiger partial charge in [-0.25, -0.2) is 9.59 Å². The van der Waals surface area contributed by atoms with Crippen LogP contribution >= 0.6 is 0 Å². The maximum Gasteiger partial charge on any atom is 0.341 e. The fourth-order valence-electron chi connectivity index (χ4n) is 3.54. The average Bonchev–Trinajstić information content (AvgIpc) is 2.60. The Kier molecular flexibility index (Phi) is 4.39. The predicted molar refractivity (Wildman–Crippen MR) is 89.4 cm³/mol. The van der Waals surface area contributed by atoms with Crippen LogP contribution in [0, 0.1) is 0 Å². The van der Waals surface area contributed by atoms with Gasteiger partial charge >= 0.3 is 12.0 Å². The first kappa shape index (κ1) is 16.6. The molecule has 2 heterocycles. The number of hydrogen-bond acceptors (Lipinski definition) is 4. The third-order valence-electron chi connectivity index (χ3n) is 5.00. The summed E-state index contributed by atoms with van der Waals surface area (Å²) < 4.78 is 11.2. The van der Waals surface area contributed by atoms with Crippen molar-refractivity contribution in [2.45, 2.75) is 31.3 Å². The highest BCUT2D eigenvalue weighted by Crippen LogP contribution is 2.41. The molecule has 0 bridgehead atoms. The smallest absolute Gasteiger partial charge is 0.341 e. The Balaban J connectivity index is 1.78. The minimum absolute atomic E-state index is 0.0382. The summed E-state index contributed by atoms with van der Waals surface area (Å²) in [6.45, 7) is 1.35. The Morgan fingerprint density at radius 2 is 1.92 bits per heavy atom. The second-order valence-corrected chi connectivity index (χ2v) is 6.73. The van der Waals surface area contributed by atoms with Gasteiger partial charge in [0.2, 0.25) is 0 Å². The van der Waals surface area contributed by atoms with E-state index in [2.05, 4.69) is 0 Å². The summed E-state index contributed by atoms with van der Waals surface area (Å²) >= 11 is 0. The van der Waals surface area contributed by atoms with Crippen LogP contribution in [0.1, 0.15) is 35.2 Å². The van der Waals surface area contributed by atoms with Crippen LogP contribution in [0.4, 0.5) is 4.79 Å². The highest BCUT2D eigenvalue weighted by Gasteiger charge is 2.41. The maximum atomic E-state index is 12.1. The Morgan fingerprint density at radius 3 is 2.54 bits per heavy atom. The van der Waals surface area contributed by atoms with Crippen molar-refractivity contribution in [3.8, 4) is 5.75 Å². The zero-order valence-electron chi connectivity index (χ0n) is 14.5. The number of methoxy groups -OCH3 is 1. The summed E-state index contributed by atoms with van der Waals surface area (Å²) in [5.74, 6) is 0.284. The predicted octanol–water partition coefficient (Wildman–Crippen LogP) is 2.31. The highest BCUT2D eigenvalue weighted by molar-refractivity contribution is 5.93. The molecule has 130 valence electrons. The van der Waals surface area contributed by atoms with E-state index in [1.165, 1.54) is 7.11 Å². The number of carbonyl (C=O) groups is 2. The number of urea groups is 1. The van der Waals surface area contributed by atoms with Crippen molar-refractivity contribution in [3.63, 3.8) is 0 Å². The van der Waals surface area contributed by atoms with Crippen LogP contribution in [0.5, 0.6) is 5.75 Å². The van der Waals surface area contributed by atoms with Crippen LogP contribution in [0.2, 0.25) is 0 Å². The number of aryl methyl sites for hydroxylation is 1. The molecule has 0 N–H and O–H groups in total. The zero-order chi connectivity index (χ0) is 17.3. The van der Waals surface area contributed by atoms with Crippen LogP contribution in [-0.4, -0.2) is 61.7 Å². The van der Waals surface area contributed by atoms with Gasteiger partial charge in [0.05, 0.1) is 7.11 Å². The number of ether oxygens (including phenoxy) is 2. The first-order valence-corrected chi connectivity index (χ1v) is 8.31. The minimum atomic E-state index is -0.371. The summed E-state index contributed by atoms with van der Waals surface area (Å²) in [7, 11) is 4.91. The van der Waals surface area contributed by atoms with E-state index in [0.717, 1.165) is 31.2 Å². The van der Waals surface area contributed by atoms with E-state index < -0.39 is 0 Å². The summed E-state index contributed by atoms with van der Waals surface area (Å²) in [4.78, 5) is 27.6. The third-order valence-corrected chi connectivity index (χ3v) is 5.00. The Morgan fingerprint density at radius 1 is 1.21 bits per heavy atom. The molecule has 2 aliphatic heterocycles. The van der Waals surface area contributed by atoms with Gasteiger partial charge in [0, 0.05) is 40.0 Å². The number of fused-ring (bicyclic) bond motifs is 1. The molecule has 0 radical (unpaired) electrons. The molecule has 1 spiro atoms. The molecule has 2 aliphatic rings. The van der Waals surface area contributed by atoms with E-state index in [1.807, 2.05) is 17.0 Å². The number of amides is 2. The van der Waals surface area contributed by atoms with E-state index in [9.17, 15) is 9.59 Å². The largest absolute Gasteiger partial charge is 0.486 e. The van der Waals surface area contributed by atoms with Crippen molar-refractivity contribution in [1.29, 1.82) is 0 Å². The summed E-state index contributed by atoms with van der Waals surface area (Å²) in [6.07, 6.45) is 3.35. The van der Waals surface area contributed by atoms with Crippen molar-refractivity contribution in [3.05, 3.63) is 29.3 Å². The molecule has 0 saturated carbocycles. The lowest BCUT2D eigenvalue weighted by atomic mass is 9.82. The molecule has 6 heteroatoms. The van der Waals surface area contributed by atoms with E-state index in [4.69, 9.17) is 9.47 Å². The number of rotatable bonds is 1. The van der Waals surface area contributed by atoms with E-state index in [-0.39, 0.29) is 17.6 Å². The van der Waals surface area contributed by atoms with Gasteiger partial charge in [0.25, 0.3) is 0 Å². The molecule has 0 atom stereocenters. The van der Waals surface area contributed by atoms with Gasteiger partial charge in [0.15, 0.2) is 0 Å². The van der Waals surface area contributed by atoms with Crippen LogP contribution in [0.3, 0.4) is 0 Å². The van der Waals surface area contributed by atoms with Gasteiger partial charge < -0.3 is 19.3 Å². The van der Waals surface area contributed by atoms with Gasteiger partial charge in [-0.05, 0) is 24.5 Å². The summed E-state index contributed by atoms with van der Waals surface area (Å²) in [5.41, 5.74) is 1.25. The standard InChI is InChI=1S/C18H24N2O4/c1-19(2)17(22)20-11-9-18(10-12-20)8-7-13-5-4-6-14(15(13)24-18)16(21)23-3/h4-6H,7-12H2,1-3H3. The van der Waals surface area contributed by atoms with Crippen molar-refractivity contribution in [2.24, 2.45) is 0 Å². The van der Waals surface area contributed by atoms with E-state index >= 15 is 0 Å². The lowest BCUT2D eigenvalue weighted by Gasteiger charge is -2.45. The molecule has 1 aromatic rings. The topological polar surface area (TPSA) is 59.1 Å². The summed E-state index contributed by atoms with van der Waals surface area (Å²) in [5, 5.41) is 0. The quantitative estimate of drug-likeness (QED) is 0.741. The first-order chi connectivity index (χ1) is 11.5. The first-order valence-electron chi connectivity index (χ1n) is 8.31. The number of nitrogens with zero attached hydrogens (tertiary/aromatic N) is 2. The molecule has 3 rings (SSSR count). The number of para-hydroxylation sites is 1. The monoisotopic (exact) mass is 332 g/mol. The average molecular weight is 332 g/mol. The molecular weight excluding hydrogens is 308 g/mol. The Bertz CT molecular complexity index is 648. The maximum absolute atomic E-state index is 12.1. The Hall–Kier alpha value is -2.24. The molecular formula is C18H24N2O4. The van der Waals surface area contributed by atoms with Gasteiger partial charge in [-0.1, -0.05) is 12.1 Å². The van der Waals surface area contributed by atoms with Gasteiger partial charge in [0.1, 0.15) is 16.9 Å². The Labute approximate surface area is 142 Å². The number of carbonyl (C=O) groups excluding carboxylic acids is 2. The fraction of sp³-hybridized carbons (Fsp3) is 0.556. The lowest BCUT2D eigenvalue weighted by molar-refractivity contribution is -0.00877. The van der Waals surface area contributed by atoms with Crippen molar-refractivity contribution in [1.82, 2.24) is 9.80 Å². The minimum Gasteiger partial charge on any atom is -0.486 e. The molecule has 6 nitrogen and oxygen atoms in total. The second kappa shape index (κ2) is 6.34. The zero-order valence-corrected chi connectivity index (χ0v) is 14.5. The number of likely N-dealkylation sites (tertiary alicyclic amines) is 1. The van der Waals surface area contributed by atoms with Crippen LogP contribution < -0.4 is 4.74 Å². The second-order valence-electron chi connectivity index (χ2n) is 6.73. The lowest BCUT2D eigenvalue weighted by Crippen LogP contribution is -2.53. The van der Waals surface area contributed by atoms with Crippen molar-refractivity contribution >= 4 is 12.0 Å². The molecule has 0 unspecified atom stereocenters. The highest BCUT2D eigenvalue weighted by atomic mass is 16.5. The third kappa shape index (κ3) is 2.92. The normalized spacial score (nSPS) is 18.5. The van der Waals surface area contributed by atoms with Crippen LogP contribution in [-0.2, 0) is 11.2 Å². The van der Waals surface area contributed by atoms with Gasteiger partial charge in [-0.3, -0.25) is 0 Å². The SMILES string of the molecule is COC(=O)c1cccc2c1OC1(CC2)CCN(C(=O)N(C)C)CC1. The molecule has 1 saturated heterocycles. The molecule has 2 amide bonds. The fourth-order valence-corrected chi connectivity index (χ4v) is 3.54. The number of esters is 1. The molecule has 24 heavy (non-hydrogen) atoms. The van der Waals surface area contributed by atoms with Crippen LogP contribution in [0.15, 0.2) is 18.2 Å². The van der Waals surface area contributed by atoms with Crippen LogP contribution in [0.25, 0.3) is 0 Å². The van der Waals surface area contributed by atoms with Crippen molar-refractivity contribution in [2.75, 3.05) is 34.3 Å². The van der Waals surface area contributed by atoms with Crippen molar-refractivity contribution < 1.29 is 19.1 Å². The number of hydrogen-bond donors (Lipinski definition) is 0. The van der Waals surface area contributed by atoms with E-state index in [0.29, 0.717) is 24.4 Å². The van der Waals surface area contributed by atoms with Gasteiger partial charge in [-0.2, -0.15) is 0 Å². The number of piperidine rings is 1. The van der Waals surface area contributed by atoms with Gasteiger partial charge in [-0.15, -0.1) is 0 Å². The molecule has 1 fully saturated rings. The molecule has 1 aromatic carbocycles. The summed E-state index contributed by atoms with van der Waals surface area (Å²) in [6, 6.07) is 5.65. The molecule has 0 aromatic heterocycles. The van der Waals surface area contributed by atoms with E-state index in [1.54, 1.807) is 25.1 Å². The molecule has 0 aliphatic carbocycles.